The number of benzene rings is 1. The first kappa shape index (κ1) is 20.9. The van der Waals surface area contributed by atoms with Crippen LogP contribution in [0, 0.1) is 0 Å². The van der Waals surface area contributed by atoms with Crippen LogP contribution in [-0.4, -0.2) is 51.1 Å². The van der Waals surface area contributed by atoms with Gasteiger partial charge in [0, 0.05) is 45.1 Å². The minimum Gasteiger partial charge on any atom is -0.474 e. The zero-order valence-electron chi connectivity index (χ0n) is 16.7. The Bertz CT molecular complexity index is 1050. The van der Waals surface area contributed by atoms with Crippen molar-refractivity contribution in [2.24, 2.45) is 0 Å². The van der Waals surface area contributed by atoms with Gasteiger partial charge in [-0.2, -0.15) is 4.98 Å². The van der Waals surface area contributed by atoms with Crippen molar-refractivity contribution in [1.82, 2.24) is 20.2 Å². The van der Waals surface area contributed by atoms with Crippen LogP contribution in [0.5, 0.6) is 17.6 Å². The molecule has 0 unspecified atom stereocenters. The highest BCUT2D eigenvalue weighted by atomic mass is 32.2. The number of nitrogens with one attached hydrogen (secondary N) is 1. The Kier molecular flexibility index (Phi) is 6.17. The van der Waals surface area contributed by atoms with Crippen molar-refractivity contribution in [3.8, 4) is 17.6 Å². The minimum atomic E-state index is -0.413. The molecule has 2 fully saturated rings. The van der Waals surface area contributed by atoms with E-state index in [0.29, 0.717) is 35.2 Å². The standard InChI is InChI=1S/C21H20N4O5S/c1-13(26)25-9-6-15(7-10-25)29-18-5-8-22-20(23-18)30-16-4-2-3-14(11-16)12-17-19(27)24-21(28)31-17/h2-5,8,11-12,15H,6-7,9-10H2,1H3,(H,24,27,28). The van der Waals surface area contributed by atoms with Crippen LogP contribution in [-0.2, 0) is 9.59 Å². The van der Waals surface area contributed by atoms with Crippen LogP contribution >= 0.6 is 11.8 Å². The van der Waals surface area contributed by atoms with E-state index in [0.717, 1.165) is 24.6 Å². The number of imide groups is 1. The lowest BCUT2D eigenvalue weighted by atomic mass is 10.1. The fourth-order valence-electron chi connectivity index (χ4n) is 3.24. The van der Waals surface area contributed by atoms with Gasteiger partial charge in [0.2, 0.25) is 11.8 Å². The molecule has 10 heteroatoms. The molecule has 2 saturated heterocycles. The summed E-state index contributed by atoms with van der Waals surface area (Å²) in [5, 5.41) is 1.83. The van der Waals surface area contributed by atoms with Crippen molar-refractivity contribution in [2.45, 2.75) is 25.9 Å². The van der Waals surface area contributed by atoms with Gasteiger partial charge >= 0.3 is 6.01 Å². The van der Waals surface area contributed by atoms with Gasteiger partial charge in [0.25, 0.3) is 11.1 Å². The number of amides is 3. The maximum absolute atomic E-state index is 11.7. The SMILES string of the molecule is CC(=O)N1CCC(Oc2ccnc(Oc3cccc(C=C4SC(=O)NC4=O)c3)n2)CC1. The molecule has 1 N–H and O–H groups in total. The highest BCUT2D eigenvalue weighted by Crippen LogP contribution is 2.28. The molecule has 160 valence electrons. The third-order valence-corrected chi connectivity index (χ3v) is 5.60. The summed E-state index contributed by atoms with van der Waals surface area (Å²) in [4.78, 5) is 45.0. The lowest BCUT2D eigenvalue weighted by Crippen LogP contribution is -2.40. The third-order valence-electron chi connectivity index (χ3n) is 4.79. The maximum atomic E-state index is 11.7. The molecule has 0 spiro atoms. The van der Waals surface area contributed by atoms with Crippen LogP contribution in [0.15, 0.2) is 41.4 Å². The molecule has 2 aliphatic rings. The van der Waals surface area contributed by atoms with Crippen molar-refractivity contribution in [3.63, 3.8) is 0 Å². The minimum absolute atomic E-state index is 0.0222. The second-order valence-electron chi connectivity index (χ2n) is 7.03. The zero-order valence-corrected chi connectivity index (χ0v) is 17.6. The average molecular weight is 440 g/mol. The maximum Gasteiger partial charge on any atom is 0.325 e. The number of carbonyl (C=O) groups is 3. The van der Waals surface area contributed by atoms with Gasteiger partial charge in [-0.05, 0) is 35.5 Å². The van der Waals surface area contributed by atoms with Crippen LogP contribution in [0.25, 0.3) is 6.08 Å². The molecule has 0 radical (unpaired) electrons. The number of aromatic nitrogens is 2. The van der Waals surface area contributed by atoms with Crippen LogP contribution in [0.3, 0.4) is 0 Å². The van der Waals surface area contributed by atoms with Crippen molar-refractivity contribution in [3.05, 3.63) is 47.0 Å². The van der Waals surface area contributed by atoms with Gasteiger partial charge in [-0.1, -0.05) is 12.1 Å². The number of hydrogen-bond acceptors (Lipinski definition) is 8. The molecule has 3 heterocycles. The molecule has 2 aliphatic heterocycles. The third kappa shape index (κ3) is 5.40. The molecule has 3 amide bonds. The van der Waals surface area contributed by atoms with Gasteiger partial charge in [0.1, 0.15) is 11.9 Å². The van der Waals surface area contributed by atoms with Crippen LogP contribution in [0.1, 0.15) is 25.3 Å². The predicted octanol–water partition coefficient (Wildman–Crippen LogP) is 2.98. The van der Waals surface area contributed by atoms with Gasteiger partial charge in [0.15, 0.2) is 0 Å². The molecule has 31 heavy (non-hydrogen) atoms. The zero-order chi connectivity index (χ0) is 21.8. The number of nitrogens with zero attached hydrogens (tertiary/aromatic N) is 3. The normalized spacial score (nSPS) is 18.2. The molecule has 2 aromatic rings. The largest absolute Gasteiger partial charge is 0.474 e. The van der Waals surface area contributed by atoms with E-state index in [9.17, 15) is 14.4 Å². The van der Waals surface area contributed by atoms with Gasteiger partial charge in [-0.15, -0.1) is 0 Å². The van der Waals surface area contributed by atoms with Crippen LogP contribution in [0.4, 0.5) is 4.79 Å². The Morgan fingerprint density at radius 2 is 2.06 bits per heavy atom. The fraction of sp³-hybridized carbons (Fsp3) is 0.286. The molecule has 9 nitrogen and oxygen atoms in total. The summed E-state index contributed by atoms with van der Waals surface area (Å²) in [5.74, 6) is 0.550. The van der Waals surface area contributed by atoms with E-state index in [-0.39, 0.29) is 23.3 Å². The Balaban J connectivity index is 1.40. The molecule has 1 aromatic heterocycles. The highest BCUT2D eigenvalue weighted by Gasteiger charge is 2.25. The van der Waals surface area contributed by atoms with Crippen molar-refractivity contribution in [2.75, 3.05) is 13.1 Å². The Morgan fingerprint density at radius 3 is 2.77 bits per heavy atom. The average Bonchev–Trinajstić information content (AvgIpc) is 3.05. The molecule has 0 saturated carbocycles. The second kappa shape index (κ2) is 9.17. The van der Waals surface area contributed by atoms with E-state index in [1.54, 1.807) is 54.4 Å². The molecule has 1 aromatic carbocycles. The molecular formula is C21H20N4O5S. The van der Waals surface area contributed by atoms with Gasteiger partial charge in [0.05, 0.1) is 4.91 Å². The summed E-state index contributed by atoms with van der Waals surface area (Å²) in [7, 11) is 0. The lowest BCUT2D eigenvalue weighted by Gasteiger charge is -2.31. The first-order chi connectivity index (χ1) is 15.0. The number of hydrogen-bond donors (Lipinski definition) is 1. The first-order valence-electron chi connectivity index (χ1n) is 9.74. The first-order valence-corrected chi connectivity index (χ1v) is 10.6. The monoisotopic (exact) mass is 440 g/mol. The summed E-state index contributed by atoms with van der Waals surface area (Å²) in [6.45, 7) is 2.90. The topological polar surface area (TPSA) is 111 Å². The molecular weight excluding hydrogens is 420 g/mol. The van der Waals surface area contributed by atoms with Crippen LogP contribution < -0.4 is 14.8 Å². The van der Waals surface area contributed by atoms with Gasteiger partial charge in [-0.3, -0.25) is 19.7 Å². The smallest absolute Gasteiger partial charge is 0.325 e. The second-order valence-corrected chi connectivity index (χ2v) is 8.04. The van der Waals surface area contributed by atoms with E-state index in [4.69, 9.17) is 9.47 Å². The van der Waals surface area contributed by atoms with E-state index >= 15 is 0 Å². The Hall–Kier alpha value is -3.40. The van der Waals surface area contributed by atoms with Crippen LogP contribution in [0.2, 0.25) is 0 Å². The number of rotatable bonds is 5. The lowest BCUT2D eigenvalue weighted by molar-refractivity contribution is -0.130. The fourth-order valence-corrected chi connectivity index (χ4v) is 3.93. The quantitative estimate of drug-likeness (QED) is 0.707. The highest BCUT2D eigenvalue weighted by molar-refractivity contribution is 8.18. The summed E-state index contributed by atoms with van der Waals surface area (Å²) in [6, 6.07) is 8.82. The summed E-state index contributed by atoms with van der Waals surface area (Å²) >= 11 is 0.856. The molecule has 0 aliphatic carbocycles. The number of piperidine rings is 1. The number of likely N-dealkylation sites (tertiary alicyclic amines) is 1. The van der Waals surface area contributed by atoms with E-state index < -0.39 is 5.91 Å². The number of carbonyl (C=O) groups excluding carboxylic acids is 3. The molecule has 0 atom stereocenters. The van der Waals surface area contributed by atoms with Gasteiger partial charge < -0.3 is 14.4 Å². The number of thioether (sulfide) groups is 1. The summed E-state index contributed by atoms with van der Waals surface area (Å²) in [5.41, 5.74) is 0.703. The summed E-state index contributed by atoms with van der Waals surface area (Å²) < 4.78 is 11.7. The predicted molar refractivity (Wildman–Crippen MR) is 114 cm³/mol. The van der Waals surface area contributed by atoms with Gasteiger partial charge in [-0.25, -0.2) is 4.98 Å². The van der Waals surface area contributed by atoms with E-state index in [1.807, 2.05) is 0 Å². The molecule has 4 rings (SSSR count). The van der Waals surface area contributed by atoms with Crippen molar-refractivity contribution < 1.29 is 23.9 Å². The summed E-state index contributed by atoms with van der Waals surface area (Å²) in [6.07, 6.45) is 4.63. The number of ether oxygens (including phenoxy) is 2. The molecule has 0 bridgehead atoms. The van der Waals surface area contributed by atoms with E-state index in [1.165, 1.54) is 0 Å². The Labute approximate surface area is 182 Å². The van der Waals surface area contributed by atoms with Crippen molar-refractivity contribution >= 4 is 34.9 Å². The van der Waals surface area contributed by atoms with E-state index in [2.05, 4.69) is 15.3 Å². The Morgan fingerprint density at radius 1 is 1.26 bits per heavy atom. The van der Waals surface area contributed by atoms with Crippen molar-refractivity contribution in [1.29, 1.82) is 0 Å².